The van der Waals surface area contributed by atoms with Crippen molar-refractivity contribution in [2.45, 2.75) is 44.9 Å². The molecule has 18 heavy (non-hydrogen) atoms. The summed E-state index contributed by atoms with van der Waals surface area (Å²) in [5, 5.41) is 8.69. The lowest BCUT2D eigenvalue weighted by Crippen LogP contribution is -1.98. The molecule has 0 aliphatic rings. The number of hydrogen-bond acceptors (Lipinski definition) is 2. The largest absolute Gasteiger partial charge is 0.481 e. The predicted molar refractivity (Wildman–Crippen MR) is 77.3 cm³/mol. The van der Waals surface area contributed by atoms with Gasteiger partial charge in [0.1, 0.15) is 0 Å². The molecule has 0 spiro atoms. The van der Waals surface area contributed by atoms with E-state index in [0.29, 0.717) is 12.3 Å². The van der Waals surface area contributed by atoms with E-state index in [1.54, 1.807) is 0 Å². The summed E-state index contributed by atoms with van der Waals surface area (Å²) in [5.74, 6) is 1.07. The van der Waals surface area contributed by atoms with E-state index in [0.717, 1.165) is 12.2 Å². The molecule has 1 aromatic rings. The third kappa shape index (κ3) is 5.58. The highest BCUT2D eigenvalue weighted by Gasteiger charge is 2.06. The van der Waals surface area contributed by atoms with Crippen molar-refractivity contribution in [2.24, 2.45) is 5.92 Å². The first kappa shape index (κ1) is 15.1. The van der Waals surface area contributed by atoms with Gasteiger partial charge < -0.3 is 5.11 Å². The molecule has 0 bridgehead atoms. The van der Waals surface area contributed by atoms with Gasteiger partial charge in [-0.1, -0.05) is 31.5 Å². The van der Waals surface area contributed by atoms with Crippen molar-refractivity contribution in [3.8, 4) is 0 Å². The number of rotatable bonds is 7. The molecule has 0 aromatic heterocycles. The van der Waals surface area contributed by atoms with Crippen LogP contribution in [0, 0.1) is 12.8 Å². The van der Waals surface area contributed by atoms with Gasteiger partial charge in [0.25, 0.3) is 0 Å². The molecule has 0 saturated carbocycles. The molecule has 100 valence electrons. The molecule has 0 atom stereocenters. The zero-order valence-electron chi connectivity index (χ0n) is 11.4. The predicted octanol–water partition coefficient (Wildman–Crippen LogP) is 4.15. The van der Waals surface area contributed by atoms with Crippen LogP contribution < -0.4 is 0 Å². The fourth-order valence-corrected chi connectivity index (χ4v) is 2.75. The van der Waals surface area contributed by atoms with Crippen LogP contribution in [0.25, 0.3) is 0 Å². The smallest absolute Gasteiger partial charge is 0.303 e. The van der Waals surface area contributed by atoms with Crippen molar-refractivity contribution < 1.29 is 9.90 Å². The average Bonchev–Trinajstić information content (AvgIpc) is 2.27. The molecule has 2 nitrogen and oxygen atoms in total. The average molecular weight is 266 g/mol. The number of benzene rings is 1. The summed E-state index contributed by atoms with van der Waals surface area (Å²) in [5.41, 5.74) is 2.54. The Morgan fingerprint density at radius 1 is 1.39 bits per heavy atom. The van der Waals surface area contributed by atoms with Crippen LogP contribution in [-0.4, -0.2) is 16.8 Å². The maximum absolute atomic E-state index is 10.6. The quantitative estimate of drug-likeness (QED) is 0.753. The van der Waals surface area contributed by atoms with Crippen LogP contribution in [0.5, 0.6) is 0 Å². The normalized spacial score (nSPS) is 10.9. The van der Waals surface area contributed by atoms with Gasteiger partial charge in [0, 0.05) is 17.1 Å². The minimum absolute atomic E-state index is 0.252. The summed E-state index contributed by atoms with van der Waals surface area (Å²) >= 11 is 1.88. The fraction of sp³-hybridized carbons (Fsp3) is 0.533. The molecule has 3 heteroatoms. The summed E-state index contributed by atoms with van der Waals surface area (Å²) in [4.78, 5) is 11.9. The van der Waals surface area contributed by atoms with Gasteiger partial charge in [-0.3, -0.25) is 4.79 Å². The minimum Gasteiger partial charge on any atom is -0.481 e. The number of carboxylic acids is 1. The van der Waals surface area contributed by atoms with E-state index in [9.17, 15) is 4.79 Å². The van der Waals surface area contributed by atoms with Crippen LogP contribution in [-0.2, 0) is 11.2 Å². The Bertz CT molecular complexity index is 399. The highest BCUT2D eigenvalue weighted by atomic mass is 32.2. The second kappa shape index (κ2) is 7.47. The SMILES string of the molecule is Cc1ccc(SCC(C)C)c(CCCC(=O)O)c1. The zero-order valence-corrected chi connectivity index (χ0v) is 12.2. The summed E-state index contributed by atoms with van der Waals surface area (Å²) < 4.78 is 0. The maximum Gasteiger partial charge on any atom is 0.303 e. The number of aryl methyl sites for hydroxylation is 2. The first-order valence-electron chi connectivity index (χ1n) is 6.43. The van der Waals surface area contributed by atoms with Crippen molar-refractivity contribution in [1.82, 2.24) is 0 Å². The van der Waals surface area contributed by atoms with Gasteiger partial charge in [-0.15, -0.1) is 11.8 Å². The Labute approximate surface area is 114 Å². The molecule has 0 radical (unpaired) electrons. The van der Waals surface area contributed by atoms with E-state index in [-0.39, 0.29) is 6.42 Å². The molecule has 0 heterocycles. The molecule has 0 aliphatic heterocycles. The van der Waals surface area contributed by atoms with Gasteiger partial charge in [0.05, 0.1) is 0 Å². The van der Waals surface area contributed by atoms with Crippen LogP contribution in [0.2, 0.25) is 0 Å². The van der Waals surface area contributed by atoms with Crippen molar-refractivity contribution in [2.75, 3.05) is 5.75 Å². The summed E-state index contributed by atoms with van der Waals surface area (Å²) in [6, 6.07) is 6.48. The molecule has 1 rings (SSSR count). The Morgan fingerprint density at radius 2 is 2.11 bits per heavy atom. The number of carboxylic acid groups (broad SMARTS) is 1. The Kier molecular flexibility index (Phi) is 6.27. The van der Waals surface area contributed by atoms with Gasteiger partial charge in [0.2, 0.25) is 0 Å². The number of hydrogen-bond donors (Lipinski definition) is 1. The first-order chi connectivity index (χ1) is 8.49. The van der Waals surface area contributed by atoms with E-state index in [1.165, 1.54) is 16.0 Å². The van der Waals surface area contributed by atoms with Gasteiger partial charge >= 0.3 is 5.97 Å². The third-order valence-electron chi connectivity index (χ3n) is 2.62. The second-order valence-electron chi connectivity index (χ2n) is 5.06. The Balaban J connectivity index is 2.67. The topological polar surface area (TPSA) is 37.3 Å². The first-order valence-corrected chi connectivity index (χ1v) is 7.41. The molecule has 1 aromatic carbocycles. The van der Waals surface area contributed by atoms with E-state index >= 15 is 0 Å². The van der Waals surface area contributed by atoms with E-state index in [2.05, 4.69) is 39.0 Å². The monoisotopic (exact) mass is 266 g/mol. The van der Waals surface area contributed by atoms with Crippen LogP contribution in [0.3, 0.4) is 0 Å². The van der Waals surface area contributed by atoms with Gasteiger partial charge in [-0.25, -0.2) is 0 Å². The van der Waals surface area contributed by atoms with Gasteiger partial charge in [-0.2, -0.15) is 0 Å². The molecule has 0 aliphatic carbocycles. The molecule has 0 saturated heterocycles. The van der Waals surface area contributed by atoms with E-state index < -0.39 is 5.97 Å². The highest BCUT2D eigenvalue weighted by Crippen LogP contribution is 2.27. The van der Waals surface area contributed by atoms with Crippen molar-refractivity contribution in [1.29, 1.82) is 0 Å². The molecule has 0 amide bonds. The van der Waals surface area contributed by atoms with Crippen molar-refractivity contribution >= 4 is 17.7 Å². The fourth-order valence-electron chi connectivity index (χ4n) is 1.73. The van der Waals surface area contributed by atoms with Crippen LogP contribution in [0.4, 0.5) is 0 Å². The standard InChI is InChI=1S/C15H22O2S/c1-11(2)10-18-14-8-7-12(3)9-13(14)5-4-6-15(16)17/h7-9,11H,4-6,10H2,1-3H3,(H,16,17). The number of carbonyl (C=O) groups is 1. The van der Waals surface area contributed by atoms with Crippen LogP contribution in [0.1, 0.15) is 37.8 Å². The Morgan fingerprint density at radius 3 is 2.72 bits per heavy atom. The van der Waals surface area contributed by atoms with Crippen LogP contribution >= 0.6 is 11.8 Å². The lowest BCUT2D eigenvalue weighted by molar-refractivity contribution is -0.137. The molecular formula is C15H22O2S. The second-order valence-corrected chi connectivity index (χ2v) is 6.13. The Hall–Kier alpha value is -0.960. The lowest BCUT2D eigenvalue weighted by Gasteiger charge is -2.11. The van der Waals surface area contributed by atoms with E-state index in [4.69, 9.17) is 5.11 Å². The van der Waals surface area contributed by atoms with Gasteiger partial charge in [-0.05, 0) is 37.3 Å². The molecule has 1 N–H and O–H groups in total. The van der Waals surface area contributed by atoms with E-state index in [1.807, 2.05) is 11.8 Å². The molecule has 0 unspecified atom stereocenters. The minimum atomic E-state index is -0.709. The summed E-state index contributed by atoms with van der Waals surface area (Å²) in [6.45, 7) is 6.51. The summed E-state index contributed by atoms with van der Waals surface area (Å²) in [6.07, 6.45) is 1.82. The molecule has 0 fully saturated rings. The maximum atomic E-state index is 10.6. The van der Waals surface area contributed by atoms with Crippen LogP contribution in [0.15, 0.2) is 23.1 Å². The summed E-state index contributed by atoms with van der Waals surface area (Å²) in [7, 11) is 0. The van der Waals surface area contributed by atoms with Crippen molar-refractivity contribution in [3.63, 3.8) is 0 Å². The lowest BCUT2D eigenvalue weighted by atomic mass is 10.1. The van der Waals surface area contributed by atoms with Crippen molar-refractivity contribution in [3.05, 3.63) is 29.3 Å². The highest BCUT2D eigenvalue weighted by molar-refractivity contribution is 7.99. The van der Waals surface area contributed by atoms with Gasteiger partial charge in [0.15, 0.2) is 0 Å². The number of aliphatic carboxylic acids is 1. The third-order valence-corrected chi connectivity index (χ3v) is 4.17. The number of thioether (sulfide) groups is 1. The molecular weight excluding hydrogens is 244 g/mol. The zero-order chi connectivity index (χ0) is 13.5.